The molecule has 2 nitrogen and oxygen atoms in total. The second-order valence-electron chi connectivity index (χ2n) is 14.1. The van der Waals surface area contributed by atoms with E-state index in [9.17, 15) is 0 Å². The first kappa shape index (κ1) is 29.8. The maximum atomic E-state index is 16.4. The average molecular weight is 599 g/mol. The van der Waals surface area contributed by atoms with Crippen LogP contribution in [0.25, 0.3) is 33.3 Å². The van der Waals surface area contributed by atoms with Crippen molar-refractivity contribution in [2.45, 2.75) is 97.6 Å². The minimum atomic E-state index is -0.443. The maximum absolute atomic E-state index is 16.4. The number of halogens is 1. The van der Waals surface area contributed by atoms with E-state index in [2.05, 4.69) is 130 Å². The molecule has 1 unspecified atom stereocenters. The zero-order valence-corrected chi connectivity index (χ0v) is 27.9. The van der Waals surface area contributed by atoms with E-state index in [1.807, 2.05) is 0 Å². The Bertz CT molecular complexity index is 1930. The number of hydrogen-bond acceptors (Lipinski definition) is 0. The van der Waals surface area contributed by atoms with Crippen LogP contribution in [0.15, 0.2) is 85.2 Å². The van der Waals surface area contributed by atoms with Gasteiger partial charge in [0.25, 0.3) is 0 Å². The quantitative estimate of drug-likeness (QED) is 0.157. The summed E-state index contributed by atoms with van der Waals surface area (Å²) in [6.45, 7) is 15.4. The topological polar surface area (TPSA) is 7.76 Å². The summed E-state index contributed by atoms with van der Waals surface area (Å²) in [6, 6.07) is 26.3. The first-order chi connectivity index (χ1) is 21.7. The van der Waals surface area contributed by atoms with Gasteiger partial charge in [-0.1, -0.05) is 77.4 Å². The molecule has 45 heavy (non-hydrogen) atoms. The van der Waals surface area contributed by atoms with Crippen LogP contribution in [0.5, 0.6) is 0 Å². The SMILES string of the molecule is CCCCc1cc2c3c4[n+](ccc3c1)CC(C[n+]1ccccc1-c1ccccc1C)C(CC)(CC)c1ccc(F)c(c1-4)C2(C)C. The van der Waals surface area contributed by atoms with E-state index in [1.165, 1.54) is 62.8 Å². The third-order valence-electron chi connectivity index (χ3n) is 11.5. The lowest BCUT2D eigenvalue weighted by Gasteiger charge is -2.39. The highest BCUT2D eigenvalue weighted by Crippen LogP contribution is 2.55. The Morgan fingerprint density at radius 2 is 1.64 bits per heavy atom. The molecule has 0 bridgehead atoms. The van der Waals surface area contributed by atoms with E-state index in [4.69, 9.17) is 0 Å². The molecule has 1 aliphatic heterocycles. The van der Waals surface area contributed by atoms with E-state index in [0.717, 1.165) is 43.5 Å². The summed E-state index contributed by atoms with van der Waals surface area (Å²) in [4.78, 5) is 0. The molecule has 0 fully saturated rings. The molecular weight excluding hydrogens is 551 g/mol. The fraction of sp³-hybridized carbons (Fsp3) is 0.381. The molecule has 7 rings (SSSR count). The van der Waals surface area contributed by atoms with Gasteiger partial charge in [0.1, 0.15) is 5.82 Å². The lowest BCUT2D eigenvalue weighted by atomic mass is 9.61. The first-order valence-corrected chi connectivity index (χ1v) is 17.1. The maximum Gasteiger partial charge on any atom is 0.221 e. The number of aromatic nitrogens is 2. The summed E-state index contributed by atoms with van der Waals surface area (Å²) in [6.07, 6.45) is 9.94. The Kier molecular flexibility index (Phi) is 7.42. The molecule has 0 saturated heterocycles. The van der Waals surface area contributed by atoms with Crippen LogP contribution >= 0.6 is 0 Å². The minimum Gasteiger partial charge on any atom is -0.207 e. The van der Waals surface area contributed by atoms with Gasteiger partial charge < -0.3 is 0 Å². The smallest absolute Gasteiger partial charge is 0.207 e. The molecule has 1 atom stereocenters. The molecule has 2 aliphatic rings. The predicted molar refractivity (Wildman–Crippen MR) is 183 cm³/mol. The van der Waals surface area contributed by atoms with E-state index in [-0.39, 0.29) is 11.2 Å². The second-order valence-corrected chi connectivity index (χ2v) is 14.1. The van der Waals surface area contributed by atoms with Gasteiger partial charge in [-0.15, -0.1) is 0 Å². The van der Waals surface area contributed by atoms with Gasteiger partial charge in [0.15, 0.2) is 25.5 Å². The van der Waals surface area contributed by atoms with Crippen LogP contribution in [-0.4, -0.2) is 0 Å². The monoisotopic (exact) mass is 598 g/mol. The summed E-state index contributed by atoms with van der Waals surface area (Å²) >= 11 is 0. The van der Waals surface area contributed by atoms with Crippen LogP contribution < -0.4 is 9.13 Å². The molecule has 5 aromatic rings. The Morgan fingerprint density at radius 3 is 2.40 bits per heavy atom. The summed E-state index contributed by atoms with van der Waals surface area (Å²) in [7, 11) is 0. The molecular formula is C42H47FN2+2. The molecule has 0 saturated carbocycles. The standard InChI is InChI=1S/C42H47FN2/c1-7-10-16-29-24-30-21-23-45-27-31(26-44-22-14-13-18-36(44)32-17-12-11-15-28(32)4)42(8-2,9-3)33-19-20-35(43)39-38(33)40(45)37(30)34(25-29)41(39,5)6/h11-15,17-25,31H,7-10,16,26-27H2,1-6H3/q+2. The third-order valence-corrected chi connectivity index (χ3v) is 11.5. The number of nitrogens with zero attached hydrogens (tertiary/aromatic N) is 2. The molecule has 0 N–H and O–H groups in total. The van der Waals surface area contributed by atoms with Gasteiger partial charge in [-0.2, -0.15) is 9.13 Å². The van der Waals surface area contributed by atoms with E-state index in [1.54, 1.807) is 6.07 Å². The minimum absolute atomic E-state index is 0.0780. The number of pyridine rings is 2. The van der Waals surface area contributed by atoms with Gasteiger partial charge in [-0.05, 0) is 78.4 Å². The molecule has 0 radical (unpaired) electrons. The zero-order chi connectivity index (χ0) is 31.5. The van der Waals surface area contributed by atoms with Crippen molar-refractivity contribution < 1.29 is 13.5 Å². The van der Waals surface area contributed by atoms with Gasteiger partial charge in [0.05, 0.1) is 16.9 Å². The van der Waals surface area contributed by atoms with Gasteiger partial charge in [-0.25, -0.2) is 4.39 Å². The van der Waals surface area contributed by atoms with Crippen molar-refractivity contribution >= 4 is 10.8 Å². The summed E-state index contributed by atoms with van der Waals surface area (Å²) in [5.41, 5.74) is 10.5. The molecule has 2 aromatic heterocycles. The van der Waals surface area contributed by atoms with Crippen LogP contribution in [0.4, 0.5) is 4.39 Å². The summed E-state index contributed by atoms with van der Waals surface area (Å²) in [5.74, 6) is 0.225. The zero-order valence-electron chi connectivity index (χ0n) is 27.9. The van der Waals surface area contributed by atoms with Crippen molar-refractivity contribution in [3.05, 3.63) is 119 Å². The van der Waals surface area contributed by atoms with Crippen LogP contribution in [0, 0.1) is 18.7 Å². The van der Waals surface area contributed by atoms with Crippen LogP contribution in [0.3, 0.4) is 0 Å². The number of aryl methyl sites for hydroxylation is 2. The Labute approximate surface area is 268 Å². The summed E-state index contributed by atoms with van der Waals surface area (Å²) in [5, 5.41) is 2.60. The normalized spacial score (nSPS) is 17.4. The molecule has 0 amide bonds. The van der Waals surface area contributed by atoms with E-state index < -0.39 is 5.41 Å². The molecule has 3 aromatic carbocycles. The lowest BCUT2D eigenvalue weighted by Crippen LogP contribution is -2.51. The number of unbranched alkanes of at least 4 members (excludes halogenated alkanes) is 1. The van der Waals surface area contributed by atoms with E-state index in [0.29, 0.717) is 5.92 Å². The van der Waals surface area contributed by atoms with Crippen LogP contribution in [0.2, 0.25) is 0 Å². The van der Waals surface area contributed by atoms with Gasteiger partial charge >= 0.3 is 0 Å². The van der Waals surface area contributed by atoms with Crippen molar-refractivity contribution in [3.8, 4) is 22.5 Å². The Morgan fingerprint density at radius 1 is 0.867 bits per heavy atom. The van der Waals surface area contributed by atoms with Gasteiger partial charge in [0, 0.05) is 40.2 Å². The molecule has 0 spiro atoms. The van der Waals surface area contributed by atoms with Crippen molar-refractivity contribution in [3.63, 3.8) is 0 Å². The Balaban J connectivity index is 1.50. The molecule has 3 heteroatoms. The first-order valence-electron chi connectivity index (χ1n) is 17.1. The van der Waals surface area contributed by atoms with Crippen molar-refractivity contribution in [1.82, 2.24) is 0 Å². The van der Waals surface area contributed by atoms with Gasteiger partial charge in [0.2, 0.25) is 11.4 Å². The third kappa shape index (κ3) is 4.48. The number of hydrogen-bond donors (Lipinski definition) is 0. The predicted octanol–water partition coefficient (Wildman–Crippen LogP) is 9.57. The molecule has 1 aliphatic carbocycles. The fourth-order valence-corrected chi connectivity index (χ4v) is 8.98. The summed E-state index contributed by atoms with van der Waals surface area (Å²) < 4.78 is 21.3. The largest absolute Gasteiger partial charge is 0.221 e. The van der Waals surface area contributed by atoms with Gasteiger partial charge in [-0.3, -0.25) is 0 Å². The van der Waals surface area contributed by atoms with Crippen molar-refractivity contribution in [2.75, 3.05) is 0 Å². The highest BCUT2D eigenvalue weighted by Gasteiger charge is 2.51. The van der Waals surface area contributed by atoms with Crippen molar-refractivity contribution in [1.29, 1.82) is 0 Å². The van der Waals surface area contributed by atoms with Crippen LogP contribution in [-0.2, 0) is 30.3 Å². The average Bonchev–Trinajstić information content (AvgIpc) is 3.15. The molecule has 3 heterocycles. The molecule has 230 valence electrons. The van der Waals surface area contributed by atoms with E-state index >= 15 is 4.39 Å². The highest BCUT2D eigenvalue weighted by molar-refractivity contribution is 6.01. The number of rotatable bonds is 8. The van der Waals surface area contributed by atoms with Crippen molar-refractivity contribution in [2.24, 2.45) is 5.92 Å². The fourth-order valence-electron chi connectivity index (χ4n) is 8.98. The second kappa shape index (κ2) is 11.2. The van der Waals surface area contributed by atoms with Crippen LogP contribution in [0.1, 0.15) is 88.1 Å². The highest BCUT2D eigenvalue weighted by atomic mass is 19.1. The number of benzene rings is 3. The Hall–Kier alpha value is -3.85. The lowest BCUT2D eigenvalue weighted by molar-refractivity contribution is -0.728.